The van der Waals surface area contributed by atoms with Gasteiger partial charge in [-0.1, -0.05) is 29.8 Å². The summed E-state index contributed by atoms with van der Waals surface area (Å²) < 4.78 is 26.7. The summed E-state index contributed by atoms with van der Waals surface area (Å²) in [6.45, 7) is 0. The maximum atomic E-state index is 12.6. The summed E-state index contributed by atoms with van der Waals surface area (Å²) in [5.74, 6) is -0.581. The third kappa shape index (κ3) is 5.29. The molecule has 0 saturated carbocycles. The third-order valence-corrected chi connectivity index (χ3v) is 5.95. The van der Waals surface area contributed by atoms with Gasteiger partial charge in [0, 0.05) is 23.0 Å². The molecule has 4 rings (SSSR count). The second-order valence-corrected chi connectivity index (χ2v) is 8.89. The number of carbonyl (C=O) groups excluding carboxylic acids is 1. The monoisotopic (exact) mass is 468 g/mol. The molecule has 2 aromatic carbocycles. The molecule has 11 heteroatoms. The minimum atomic E-state index is -3.68. The average molecular weight is 469 g/mol. The van der Waals surface area contributed by atoms with Crippen LogP contribution in [0.1, 0.15) is 15.9 Å². The summed E-state index contributed by atoms with van der Waals surface area (Å²) >= 11 is 6.28. The normalized spacial score (nSPS) is 11.2. The summed E-state index contributed by atoms with van der Waals surface area (Å²) in [7, 11) is -3.68. The lowest BCUT2D eigenvalue weighted by Crippen LogP contribution is -2.16. The van der Waals surface area contributed by atoms with Crippen LogP contribution in [0, 0.1) is 0 Å². The molecule has 1 amide bonds. The molecule has 0 radical (unpaired) electrons. The van der Waals surface area contributed by atoms with E-state index in [4.69, 9.17) is 11.6 Å². The number of pyridine rings is 1. The van der Waals surface area contributed by atoms with Gasteiger partial charge in [0.05, 0.1) is 16.5 Å². The van der Waals surface area contributed by atoms with Gasteiger partial charge in [0.25, 0.3) is 5.91 Å². The minimum Gasteiger partial charge on any atom is -0.322 e. The van der Waals surface area contributed by atoms with Crippen molar-refractivity contribution in [2.75, 3.05) is 10.0 Å². The molecule has 0 atom stereocenters. The Morgan fingerprint density at radius 2 is 1.84 bits per heavy atom. The van der Waals surface area contributed by atoms with Crippen molar-refractivity contribution in [1.82, 2.24) is 20.2 Å². The molecule has 2 heterocycles. The molecule has 0 spiro atoms. The van der Waals surface area contributed by atoms with Crippen LogP contribution in [-0.2, 0) is 15.8 Å². The first-order chi connectivity index (χ1) is 15.4. The van der Waals surface area contributed by atoms with Gasteiger partial charge in [-0.2, -0.15) is 10.1 Å². The van der Waals surface area contributed by atoms with Crippen LogP contribution < -0.4 is 10.0 Å². The Kier molecular flexibility index (Phi) is 6.15. The fourth-order valence-electron chi connectivity index (χ4n) is 2.93. The molecule has 0 saturated heterocycles. The summed E-state index contributed by atoms with van der Waals surface area (Å²) in [5.41, 5.74) is 2.84. The molecule has 32 heavy (non-hydrogen) atoms. The van der Waals surface area contributed by atoms with Crippen LogP contribution in [-0.4, -0.2) is 34.5 Å². The lowest BCUT2D eigenvalue weighted by atomic mass is 10.1. The number of anilines is 2. The number of nitrogens with zero attached hydrogens (tertiary/aromatic N) is 3. The van der Waals surface area contributed by atoms with Crippen LogP contribution in [0.25, 0.3) is 11.3 Å². The summed E-state index contributed by atoms with van der Waals surface area (Å²) in [5, 5.41) is 9.35. The average Bonchev–Trinajstić information content (AvgIpc) is 3.28. The summed E-state index contributed by atoms with van der Waals surface area (Å²) in [6.07, 6.45) is 2.87. The fraction of sp³-hybridized carbons (Fsp3) is 0.0476. The first kappa shape index (κ1) is 21.5. The van der Waals surface area contributed by atoms with E-state index in [-0.39, 0.29) is 17.6 Å². The topological polar surface area (TPSA) is 130 Å². The van der Waals surface area contributed by atoms with Gasteiger partial charge < -0.3 is 5.32 Å². The van der Waals surface area contributed by atoms with E-state index in [0.29, 0.717) is 33.1 Å². The van der Waals surface area contributed by atoms with Gasteiger partial charge in [0.2, 0.25) is 16.0 Å². The molecular formula is C21H17ClN6O3S. The first-order valence-corrected chi connectivity index (χ1v) is 11.4. The van der Waals surface area contributed by atoms with Crippen molar-refractivity contribution in [3.8, 4) is 11.3 Å². The standard InChI is InChI=1S/C21H17ClN6O3S/c22-18-9-8-16(11-17(18)19-3-1-2-10-23-19)26-20(29)15-6-4-14(5-7-15)12-32(30,31)28-21-24-13-25-27-21/h1-11,13H,12H2,(H,26,29)(H2,24,25,27,28). The SMILES string of the molecule is O=C(Nc1ccc(Cl)c(-c2ccccn2)c1)c1ccc(CS(=O)(=O)Nc2ncn[nH]2)cc1. The number of hydrogen-bond acceptors (Lipinski definition) is 6. The molecule has 0 bridgehead atoms. The number of benzene rings is 2. The number of sulfonamides is 1. The highest BCUT2D eigenvalue weighted by Gasteiger charge is 2.15. The van der Waals surface area contributed by atoms with Gasteiger partial charge in [-0.3, -0.25) is 14.5 Å². The Labute approximate surface area is 188 Å². The molecule has 0 fully saturated rings. The number of halogens is 1. The Balaban J connectivity index is 1.44. The van der Waals surface area contributed by atoms with Crippen molar-refractivity contribution < 1.29 is 13.2 Å². The van der Waals surface area contributed by atoms with Crippen molar-refractivity contribution in [3.63, 3.8) is 0 Å². The predicted molar refractivity (Wildman–Crippen MR) is 122 cm³/mol. The lowest BCUT2D eigenvalue weighted by Gasteiger charge is -2.10. The minimum absolute atomic E-state index is 0.0361. The lowest BCUT2D eigenvalue weighted by molar-refractivity contribution is 0.102. The molecule has 0 aliphatic carbocycles. The largest absolute Gasteiger partial charge is 0.322 e. The number of H-pyrrole nitrogens is 1. The number of amides is 1. The first-order valence-electron chi connectivity index (χ1n) is 9.37. The molecule has 3 N–H and O–H groups in total. The quantitative estimate of drug-likeness (QED) is 0.379. The van der Waals surface area contributed by atoms with Crippen molar-refractivity contribution in [2.45, 2.75) is 5.75 Å². The van der Waals surface area contributed by atoms with E-state index in [1.807, 2.05) is 18.2 Å². The van der Waals surface area contributed by atoms with Crippen LogP contribution in [0.15, 0.2) is 73.2 Å². The van der Waals surface area contributed by atoms with Crippen molar-refractivity contribution >= 4 is 39.2 Å². The summed E-state index contributed by atoms with van der Waals surface area (Å²) in [6, 6.07) is 16.9. The van der Waals surface area contributed by atoms with E-state index in [2.05, 4.69) is 30.2 Å². The van der Waals surface area contributed by atoms with Gasteiger partial charge in [-0.25, -0.2) is 13.5 Å². The smallest absolute Gasteiger partial charge is 0.255 e. The number of carbonyl (C=O) groups is 1. The zero-order valence-electron chi connectivity index (χ0n) is 16.5. The molecule has 0 aliphatic heterocycles. The maximum absolute atomic E-state index is 12.6. The Morgan fingerprint density at radius 3 is 2.53 bits per heavy atom. The maximum Gasteiger partial charge on any atom is 0.255 e. The Bertz CT molecular complexity index is 1330. The number of nitrogens with one attached hydrogen (secondary N) is 3. The van der Waals surface area contributed by atoms with E-state index in [9.17, 15) is 13.2 Å². The molecule has 4 aromatic rings. The van der Waals surface area contributed by atoms with Crippen LogP contribution >= 0.6 is 11.6 Å². The van der Waals surface area contributed by atoms with Crippen LogP contribution in [0.3, 0.4) is 0 Å². The molecule has 2 aromatic heterocycles. The molecule has 0 aliphatic rings. The molecule has 162 valence electrons. The molecule has 9 nitrogen and oxygen atoms in total. The van der Waals surface area contributed by atoms with E-state index in [0.717, 1.165) is 0 Å². The van der Waals surface area contributed by atoms with E-state index in [1.54, 1.807) is 48.7 Å². The van der Waals surface area contributed by atoms with E-state index in [1.165, 1.54) is 6.33 Å². The number of aromatic amines is 1. The zero-order chi connectivity index (χ0) is 22.6. The highest BCUT2D eigenvalue weighted by molar-refractivity contribution is 7.91. The molecule has 0 unspecified atom stereocenters. The van der Waals surface area contributed by atoms with E-state index < -0.39 is 10.0 Å². The van der Waals surface area contributed by atoms with Crippen molar-refractivity contribution in [3.05, 3.63) is 89.3 Å². The van der Waals surface area contributed by atoms with Crippen molar-refractivity contribution in [2.24, 2.45) is 0 Å². The Morgan fingerprint density at radius 1 is 1.03 bits per heavy atom. The van der Waals surface area contributed by atoms with Crippen LogP contribution in [0.2, 0.25) is 5.02 Å². The van der Waals surface area contributed by atoms with Crippen LogP contribution in [0.4, 0.5) is 11.6 Å². The van der Waals surface area contributed by atoms with Gasteiger partial charge in [0.15, 0.2) is 0 Å². The summed E-state index contributed by atoms with van der Waals surface area (Å²) in [4.78, 5) is 20.7. The van der Waals surface area contributed by atoms with Gasteiger partial charge in [-0.05, 0) is 48.0 Å². The predicted octanol–water partition coefficient (Wildman–Crippen LogP) is 3.71. The second kappa shape index (κ2) is 9.16. The van der Waals surface area contributed by atoms with Gasteiger partial charge >= 0.3 is 0 Å². The van der Waals surface area contributed by atoms with E-state index >= 15 is 0 Å². The van der Waals surface area contributed by atoms with Crippen molar-refractivity contribution in [1.29, 1.82) is 0 Å². The second-order valence-electron chi connectivity index (χ2n) is 6.76. The third-order valence-electron chi connectivity index (χ3n) is 4.41. The highest BCUT2D eigenvalue weighted by Crippen LogP contribution is 2.29. The van der Waals surface area contributed by atoms with Crippen LogP contribution in [0.5, 0.6) is 0 Å². The Hall–Kier alpha value is -3.76. The van der Waals surface area contributed by atoms with Gasteiger partial charge in [0.1, 0.15) is 6.33 Å². The van der Waals surface area contributed by atoms with Gasteiger partial charge in [-0.15, -0.1) is 0 Å². The number of rotatable bonds is 7. The zero-order valence-corrected chi connectivity index (χ0v) is 18.1. The highest BCUT2D eigenvalue weighted by atomic mass is 35.5. The number of hydrogen-bond donors (Lipinski definition) is 3. The number of aromatic nitrogens is 4. The molecular weight excluding hydrogens is 452 g/mol. The fourth-order valence-corrected chi connectivity index (χ4v) is 4.25.